The maximum Gasteiger partial charge on any atom is 0.173 e. The van der Waals surface area contributed by atoms with Gasteiger partial charge in [-0.05, 0) is 50.1 Å². The summed E-state index contributed by atoms with van der Waals surface area (Å²) in [5.41, 5.74) is 8.57. The Morgan fingerprint density at radius 3 is 2.72 bits per heavy atom. The van der Waals surface area contributed by atoms with Crippen LogP contribution in [-0.4, -0.2) is 35.7 Å². The van der Waals surface area contributed by atoms with Crippen molar-refractivity contribution in [3.63, 3.8) is 0 Å². The Kier molecular flexibility index (Phi) is 5.32. The van der Waals surface area contributed by atoms with Gasteiger partial charge < -0.3 is 15.5 Å². The van der Waals surface area contributed by atoms with Crippen LogP contribution in [0.25, 0.3) is 16.8 Å². The monoisotopic (exact) mass is 397 g/mol. The summed E-state index contributed by atoms with van der Waals surface area (Å²) in [6.07, 6.45) is 9.51. The summed E-state index contributed by atoms with van der Waals surface area (Å²) in [6, 6.07) is 4.89. The van der Waals surface area contributed by atoms with Crippen LogP contribution in [0, 0.1) is 11.6 Å². The number of nitrogen functional groups attached to an aromatic ring is 1. The largest absolute Gasteiger partial charge is 0.396 e. The SMILES string of the molecule is CN=Cc1cc(-c2cc(F)c3nc(C4CCCC(NC)C4)cn3c2)cc(F)c1N. The topological polar surface area (TPSA) is 67.7 Å². The zero-order valence-corrected chi connectivity index (χ0v) is 16.6. The molecule has 0 bridgehead atoms. The molecule has 3 N–H and O–H groups in total. The number of hydrogen-bond donors (Lipinski definition) is 2. The van der Waals surface area contributed by atoms with Gasteiger partial charge >= 0.3 is 0 Å². The summed E-state index contributed by atoms with van der Waals surface area (Å²) in [7, 11) is 3.57. The highest BCUT2D eigenvalue weighted by Gasteiger charge is 2.25. The van der Waals surface area contributed by atoms with E-state index < -0.39 is 11.6 Å². The lowest BCUT2D eigenvalue weighted by molar-refractivity contribution is 0.352. The van der Waals surface area contributed by atoms with Crippen LogP contribution in [0.4, 0.5) is 14.5 Å². The van der Waals surface area contributed by atoms with Crippen molar-refractivity contribution in [1.82, 2.24) is 14.7 Å². The normalized spacial score (nSPS) is 20.0. The molecule has 2 atom stereocenters. The van der Waals surface area contributed by atoms with E-state index in [0.717, 1.165) is 31.4 Å². The molecule has 152 valence electrons. The Hall–Kier alpha value is -2.80. The molecule has 29 heavy (non-hydrogen) atoms. The van der Waals surface area contributed by atoms with Crippen LogP contribution in [0.3, 0.4) is 0 Å². The van der Waals surface area contributed by atoms with Gasteiger partial charge in [-0.3, -0.25) is 4.99 Å². The molecule has 3 aromatic rings. The first-order chi connectivity index (χ1) is 14.0. The maximum absolute atomic E-state index is 14.8. The summed E-state index contributed by atoms with van der Waals surface area (Å²) in [6.45, 7) is 0. The van der Waals surface area contributed by atoms with E-state index in [0.29, 0.717) is 34.3 Å². The highest BCUT2D eigenvalue weighted by molar-refractivity contribution is 5.89. The number of pyridine rings is 1. The van der Waals surface area contributed by atoms with Gasteiger partial charge in [0.1, 0.15) is 5.82 Å². The highest BCUT2D eigenvalue weighted by Crippen LogP contribution is 2.33. The molecule has 5 nitrogen and oxygen atoms in total. The van der Waals surface area contributed by atoms with Crippen molar-refractivity contribution in [2.45, 2.75) is 37.6 Å². The van der Waals surface area contributed by atoms with Crippen LogP contribution >= 0.6 is 0 Å². The second-order valence-corrected chi connectivity index (χ2v) is 7.67. The fourth-order valence-corrected chi connectivity index (χ4v) is 4.20. The number of hydrogen-bond acceptors (Lipinski definition) is 4. The van der Waals surface area contributed by atoms with Gasteiger partial charge in [-0.15, -0.1) is 0 Å². The second kappa shape index (κ2) is 7.91. The van der Waals surface area contributed by atoms with Crippen molar-refractivity contribution in [2.24, 2.45) is 4.99 Å². The van der Waals surface area contributed by atoms with Crippen LogP contribution in [0.1, 0.15) is 42.9 Å². The number of halogens is 2. The molecule has 2 heterocycles. The average molecular weight is 397 g/mol. The molecule has 4 rings (SSSR count). The first kappa shape index (κ1) is 19.5. The van der Waals surface area contributed by atoms with Crippen LogP contribution in [0.15, 0.2) is 35.6 Å². The molecule has 1 aromatic carbocycles. The summed E-state index contributed by atoms with van der Waals surface area (Å²) < 4.78 is 30.8. The van der Waals surface area contributed by atoms with Gasteiger partial charge in [0.15, 0.2) is 11.5 Å². The van der Waals surface area contributed by atoms with E-state index >= 15 is 0 Å². The highest BCUT2D eigenvalue weighted by atomic mass is 19.1. The van der Waals surface area contributed by atoms with Gasteiger partial charge in [0.2, 0.25) is 0 Å². The Bertz CT molecular complexity index is 1070. The number of nitrogens with two attached hydrogens (primary N) is 1. The molecule has 1 saturated carbocycles. The summed E-state index contributed by atoms with van der Waals surface area (Å²) in [5.74, 6) is -0.674. The first-order valence-corrected chi connectivity index (χ1v) is 9.87. The number of nitrogens with one attached hydrogen (secondary N) is 1. The fraction of sp³-hybridized carbons (Fsp3) is 0.364. The Morgan fingerprint density at radius 1 is 1.17 bits per heavy atom. The lowest BCUT2D eigenvalue weighted by Gasteiger charge is -2.27. The van der Waals surface area contributed by atoms with E-state index in [-0.39, 0.29) is 5.69 Å². The smallest absolute Gasteiger partial charge is 0.173 e. The zero-order valence-electron chi connectivity index (χ0n) is 16.6. The number of benzene rings is 1. The van der Waals surface area contributed by atoms with Gasteiger partial charge in [-0.25, -0.2) is 13.8 Å². The number of anilines is 1. The predicted molar refractivity (Wildman–Crippen MR) is 113 cm³/mol. The third-order valence-electron chi connectivity index (χ3n) is 5.79. The van der Waals surface area contributed by atoms with Gasteiger partial charge in [0.25, 0.3) is 0 Å². The van der Waals surface area contributed by atoms with Crippen LogP contribution in [0.5, 0.6) is 0 Å². The number of fused-ring (bicyclic) bond motifs is 1. The van der Waals surface area contributed by atoms with E-state index in [4.69, 9.17) is 5.73 Å². The standard InChI is InChI=1S/C22H25F2N5/c1-26-10-15-6-14(8-18(23)21(15)25)16-9-19(24)22-28-20(12-29(22)11-16)13-4-3-5-17(7-13)27-2/h6,8-13,17,27H,3-5,7,25H2,1-2H3. The van der Waals surface area contributed by atoms with E-state index in [2.05, 4.69) is 15.3 Å². The third kappa shape index (κ3) is 3.74. The molecule has 0 spiro atoms. The second-order valence-electron chi connectivity index (χ2n) is 7.67. The average Bonchev–Trinajstić information content (AvgIpc) is 3.16. The minimum atomic E-state index is -0.551. The Morgan fingerprint density at radius 2 is 1.97 bits per heavy atom. The molecule has 0 radical (unpaired) electrons. The summed E-state index contributed by atoms with van der Waals surface area (Å²) >= 11 is 0. The van der Waals surface area contributed by atoms with Gasteiger partial charge in [-0.1, -0.05) is 6.42 Å². The number of aliphatic imine (C=N–C) groups is 1. The maximum atomic E-state index is 14.8. The lowest BCUT2D eigenvalue weighted by atomic mass is 9.84. The zero-order chi connectivity index (χ0) is 20.5. The van der Waals surface area contributed by atoms with Gasteiger partial charge in [0, 0.05) is 48.7 Å². The van der Waals surface area contributed by atoms with Crippen LogP contribution in [0.2, 0.25) is 0 Å². The third-order valence-corrected chi connectivity index (χ3v) is 5.79. The first-order valence-electron chi connectivity index (χ1n) is 9.87. The molecule has 2 unspecified atom stereocenters. The quantitative estimate of drug-likeness (QED) is 0.513. The molecule has 1 aliphatic rings. The lowest BCUT2D eigenvalue weighted by Crippen LogP contribution is -2.30. The number of nitrogens with zero attached hydrogens (tertiary/aromatic N) is 3. The van der Waals surface area contributed by atoms with Crippen molar-refractivity contribution in [3.8, 4) is 11.1 Å². The minimum absolute atomic E-state index is 0.0298. The molecule has 1 aliphatic carbocycles. The van der Waals surface area contributed by atoms with Crippen molar-refractivity contribution in [2.75, 3.05) is 19.8 Å². The van der Waals surface area contributed by atoms with E-state index in [9.17, 15) is 8.78 Å². The Balaban J connectivity index is 1.75. The molecular formula is C22H25F2N5. The Labute approximate surface area is 168 Å². The predicted octanol–water partition coefficient (Wildman–Crippen LogP) is 4.16. The summed E-state index contributed by atoms with van der Waals surface area (Å²) in [4.78, 5) is 8.48. The van der Waals surface area contributed by atoms with Crippen molar-refractivity contribution >= 4 is 17.5 Å². The molecule has 2 aromatic heterocycles. The number of aromatic nitrogens is 2. The van der Waals surface area contributed by atoms with Gasteiger partial charge in [0.05, 0.1) is 11.4 Å². The summed E-state index contributed by atoms with van der Waals surface area (Å²) in [5, 5.41) is 3.34. The fourth-order valence-electron chi connectivity index (χ4n) is 4.20. The van der Waals surface area contributed by atoms with E-state index in [1.165, 1.54) is 18.3 Å². The molecule has 0 amide bonds. The van der Waals surface area contributed by atoms with Crippen LogP contribution in [-0.2, 0) is 0 Å². The van der Waals surface area contributed by atoms with Crippen LogP contribution < -0.4 is 11.1 Å². The minimum Gasteiger partial charge on any atom is -0.396 e. The number of imidazole rings is 1. The molecular weight excluding hydrogens is 372 g/mol. The molecule has 7 heteroatoms. The molecule has 1 fully saturated rings. The number of rotatable bonds is 4. The molecule has 0 aliphatic heterocycles. The van der Waals surface area contributed by atoms with Crippen molar-refractivity contribution < 1.29 is 8.78 Å². The van der Waals surface area contributed by atoms with Crippen molar-refractivity contribution in [1.29, 1.82) is 0 Å². The van der Waals surface area contributed by atoms with E-state index in [1.807, 2.05) is 13.2 Å². The molecule has 0 saturated heterocycles. The van der Waals surface area contributed by atoms with E-state index in [1.54, 1.807) is 23.7 Å². The van der Waals surface area contributed by atoms with Gasteiger partial charge in [-0.2, -0.15) is 0 Å². The van der Waals surface area contributed by atoms with Crippen molar-refractivity contribution in [3.05, 3.63) is 53.5 Å².